The fourth-order valence-corrected chi connectivity index (χ4v) is 2.46. The van der Waals surface area contributed by atoms with Crippen molar-refractivity contribution < 1.29 is 33.7 Å². The lowest BCUT2D eigenvalue weighted by Gasteiger charge is -2.12. The average molecular weight is 414 g/mol. The molecule has 0 fully saturated rings. The van der Waals surface area contributed by atoms with Crippen molar-refractivity contribution in [1.82, 2.24) is 10.6 Å². The predicted molar refractivity (Wildman–Crippen MR) is 109 cm³/mol. The smallest absolute Gasteiger partial charge is 0.322 e. The number of rotatable bonds is 9. The first-order valence-electron chi connectivity index (χ1n) is 8.77. The SMILES string of the molecule is COc1ccc(C(=O)N/C(=C\c2ccc(OC)c(OC)c2)C(=O)NCC(=O)O)cc1. The Balaban J connectivity index is 2.33. The number of carboxylic acids is 1. The van der Waals surface area contributed by atoms with Crippen LogP contribution in [0.25, 0.3) is 6.08 Å². The van der Waals surface area contributed by atoms with Crippen LogP contribution in [-0.4, -0.2) is 50.8 Å². The average Bonchev–Trinajstić information content (AvgIpc) is 2.76. The van der Waals surface area contributed by atoms with E-state index in [-0.39, 0.29) is 5.70 Å². The Kier molecular flexibility index (Phi) is 7.81. The fourth-order valence-electron chi connectivity index (χ4n) is 2.46. The van der Waals surface area contributed by atoms with Crippen LogP contribution in [0.3, 0.4) is 0 Å². The summed E-state index contributed by atoms with van der Waals surface area (Å²) < 4.78 is 15.5. The van der Waals surface area contributed by atoms with Gasteiger partial charge in [-0.1, -0.05) is 6.07 Å². The summed E-state index contributed by atoms with van der Waals surface area (Å²) in [5, 5.41) is 13.5. The van der Waals surface area contributed by atoms with Gasteiger partial charge in [0.25, 0.3) is 11.8 Å². The highest BCUT2D eigenvalue weighted by Crippen LogP contribution is 2.28. The van der Waals surface area contributed by atoms with Gasteiger partial charge >= 0.3 is 5.97 Å². The molecule has 0 saturated heterocycles. The normalized spacial score (nSPS) is 10.7. The summed E-state index contributed by atoms with van der Waals surface area (Å²) in [6.07, 6.45) is 1.40. The van der Waals surface area contributed by atoms with Crippen LogP contribution in [0.1, 0.15) is 15.9 Å². The van der Waals surface area contributed by atoms with Crippen LogP contribution in [0.2, 0.25) is 0 Å². The number of ether oxygens (including phenoxy) is 3. The Labute approximate surface area is 173 Å². The minimum atomic E-state index is -1.21. The van der Waals surface area contributed by atoms with E-state index >= 15 is 0 Å². The molecule has 0 bridgehead atoms. The van der Waals surface area contributed by atoms with Crippen LogP contribution in [-0.2, 0) is 9.59 Å². The lowest BCUT2D eigenvalue weighted by atomic mass is 10.1. The van der Waals surface area contributed by atoms with Crippen LogP contribution >= 0.6 is 0 Å². The van der Waals surface area contributed by atoms with Crippen LogP contribution in [0.15, 0.2) is 48.2 Å². The molecule has 0 atom stereocenters. The number of methoxy groups -OCH3 is 3. The van der Waals surface area contributed by atoms with Crippen molar-refractivity contribution in [3.63, 3.8) is 0 Å². The second-order valence-electron chi connectivity index (χ2n) is 5.93. The molecule has 0 aromatic heterocycles. The van der Waals surface area contributed by atoms with Gasteiger partial charge in [-0.05, 0) is 48.0 Å². The molecule has 0 aliphatic heterocycles. The summed E-state index contributed by atoms with van der Waals surface area (Å²) in [5.74, 6) is -1.02. The van der Waals surface area contributed by atoms with Gasteiger partial charge < -0.3 is 30.0 Å². The van der Waals surface area contributed by atoms with Crippen molar-refractivity contribution in [2.75, 3.05) is 27.9 Å². The third-order valence-corrected chi connectivity index (χ3v) is 3.96. The molecule has 2 amide bonds. The first-order valence-corrected chi connectivity index (χ1v) is 8.77. The van der Waals surface area contributed by atoms with Crippen LogP contribution in [0, 0.1) is 0 Å². The van der Waals surface area contributed by atoms with E-state index in [0.29, 0.717) is 28.4 Å². The molecule has 0 heterocycles. The molecular formula is C21H22N2O7. The highest BCUT2D eigenvalue weighted by molar-refractivity contribution is 6.05. The van der Waals surface area contributed by atoms with Gasteiger partial charge in [0.2, 0.25) is 0 Å². The van der Waals surface area contributed by atoms with E-state index in [2.05, 4.69) is 10.6 Å². The number of carbonyl (C=O) groups excluding carboxylic acids is 2. The van der Waals surface area contributed by atoms with E-state index in [0.717, 1.165) is 0 Å². The van der Waals surface area contributed by atoms with Crippen molar-refractivity contribution in [3.05, 3.63) is 59.3 Å². The van der Waals surface area contributed by atoms with Gasteiger partial charge in [-0.25, -0.2) is 0 Å². The van der Waals surface area contributed by atoms with E-state index in [1.165, 1.54) is 39.5 Å². The van der Waals surface area contributed by atoms with Crippen molar-refractivity contribution in [2.24, 2.45) is 0 Å². The van der Waals surface area contributed by atoms with E-state index in [1.54, 1.807) is 30.3 Å². The van der Waals surface area contributed by atoms with Crippen LogP contribution < -0.4 is 24.8 Å². The van der Waals surface area contributed by atoms with Crippen LogP contribution in [0.4, 0.5) is 0 Å². The molecule has 0 saturated carbocycles. The number of benzene rings is 2. The number of carbonyl (C=O) groups is 3. The largest absolute Gasteiger partial charge is 0.497 e. The topological polar surface area (TPSA) is 123 Å². The number of aliphatic carboxylic acids is 1. The second-order valence-corrected chi connectivity index (χ2v) is 5.93. The number of hydrogen-bond donors (Lipinski definition) is 3. The molecule has 158 valence electrons. The monoisotopic (exact) mass is 414 g/mol. The summed E-state index contributed by atoms with van der Waals surface area (Å²) in [7, 11) is 4.47. The van der Waals surface area contributed by atoms with Gasteiger partial charge in [0, 0.05) is 5.56 Å². The van der Waals surface area contributed by atoms with Crippen molar-refractivity contribution in [2.45, 2.75) is 0 Å². The molecule has 2 aromatic carbocycles. The van der Waals surface area contributed by atoms with E-state index in [4.69, 9.17) is 19.3 Å². The van der Waals surface area contributed by atoms with Gasteiger partial charge in [0.15, 0.2) is 11.5 Å². The highest BCUT2D eigenvalue weighted by Gasteiger charge is 2.16. The van der Waals surface area contributed by atoms with Gasteiger partial charge in [-0.3, -0.25) is 14.4 Å². The molecule has 30 heavy (non-hydrogen) atoms. The van der Waals surface area contributed by atoms with E-state index < -0.39 is 24.3 Å². The molecule has 9 nitrogen and oxygen atoms in total. The molecule has 3 N–H and O–H groups in total. The molecule has 0 unspecified atom stereocenters. The number of carboxylic acid groups (broad SMARTS) is 1. The standard InChI is InChI=1S/C21H22N2O7/c1-28-15-7-5-14(6-8-15)20(26)23-16(21(27)22-12-19(24)25)10-13-4-9-17(29-2)18(11-13)30-3/h4-11H,12H2,1-3H3,(H,22,27)(H,23,26)(H,24,25)/b16-10-. The number of hydrogen-bond acceptors (Lipinski definition) is 6. The molecule has 2 rings (SSSR count). The van der Waals surface area contributed by atoms with Crippen molar-refractivity contribution >= 4 is 23.9 Å². The van der Waals surface area contributed by atoms with Gasteiger partial charge in [-0.15, -0.1) is 0 Å². The Bertz CT molecular complexity index is 952. The van der Waals surface area contributed by atoms with Crippen LogP contribution in [0.5, 0.6) is 17.2 Å². The summed E-state index contributed by atoms with van der Waals surface area (Å²) in [5.41, 5.74) is 0.687. The lowest BCUT2D eigenvalue weighted by Crippen LogP contribution is -2.37. The maximum Gasteiger partial charge on any atom is 0.322 e. The molecule has 0 spiro atoms. The van der Waals surface area contributed by atoms with Gasteiger partial charge in [-0.2, -0.15) is 0 Å². The lowest BCUT2D eigenvalue weighted by molar-refractivity contribution is -0.137. The highest BCUT2D eigenvalue weighted by atomic mass is 16.5. The summed E-state index contributed by atoms with van der Waals surface area (Å²) >= 11 is 0. The van der Waals surface area contributed by atoms with Crippen molar-refractivity contribution in [3.8, 4) is 17.2 Å². The zero-order valence-electron chi connectivity index (χ0n) is 16.7. The molecule has 9 heteroatoms. The minimum Gasteiger partial charge on any atom is -0.497 e. The second kappa shape index (κ2) is 10.5. The number of nitrogens with one attached hydrogen (secondary N) is 2. The third-order valence-electron chi connectivity index (χ3n) is 3.96. The maximum absolute atomic E-state index is 12.6. The molecule has 0 aliphatic rings. The van der Waals surface area contributed by atoms with Gasteiger partial charge in [0.05, 0.1) is 21.3 Å². The quantitative estimate of drug-likeness (QED) is 0.534. The Morgan fingerprint density at radius 3 is 2.17 bits per heavy atom. The van der Waals surface area contributed by atoms with E-state index in [1.807, 2.05) is 0 Å². The molecule has 0 aliphatic carbocycles. The molecular weight excluding hydrogens is 392 g/mol. The first kappa shape index (κ1) is 22.3. The van der Waals surface area contributed by atoms with Gasteiger partial charge in [0.1, 0.15) is 18.0 Å². The zero-order chi connectivity index (χ0) is 22.1. The summed E-state index contributed by atoms with van der Waals surface area (Å²) in [6.45, 7) is -0.597. The first-order chi connectivity index (χ1) is 14.4. The maximum atomic E-state index is 12.6. The predicted octanol–water partition coefficient (Wildman–Crippen LogP) is 1.68. The summed E-state index contributed by atoms with van der Waals surface area (Å²) in [6, 6.07) is 11.2. The molecule has 0 radical (unpaired) electrons. The number of amides is 2. The van der Waals surface area contributed by atoms with Crippen molar-refractivity contribution in [1.29, 1.82) is 0 Å². The van der Waals surface area contributed by atoms with E-state index in [9.17, 15) is 14.4 Å². The fraction of sp³-hybridized carbons (Fsp3) is 0.190. The molecule has 2 aromatic rings. The zero-order valence-corrected chi connectivity index (χ0v) is 16.7. The Morgan fingerprint density at radius 2 is 1.60 bits per heavy atom. The Morgan fingerprint density at radius 1 is 0.933 bits per heavy atom. The Hall–Kier alpha value is -4.01. The third kappa shape index (κ3) is 5.99. The summed E-state index contributed by atoms with van der Waals surface area (Å²) in [4.78, 5) is 35.8. The minimum absolute atomic E-state index is 0.135.